The lowest BCUT2D eigenvalue weighted by atomic mass is 10.0. The SMILES string of the molecule is Cn1ccc(CC(N)c2c(F)cc(F)cc2F)n1. The highest BCUT2D eigenvalue weighted by molar-refractivity contribution is 5.25. The predicted molar refractivity (Wildman–Crippen MR) is 60.2 cm³/mol. The van der Waals surface area contributed by atoms with Crippen molar-refractivity contribution in [2.75, 3.05) is 0 Å². The summed E-state index contributed by atoms with van der Waals surface area (Å²) < 4.78 is 41.3. The quantitative estimate of drug-likeness (QED) is 0.912. The van der Waals surface area contributed by atoms with Crippen molar-refractivity contribution in [1.82, 2.24) is 9.78 Å². The highest BCUT2D eigenvalue weighted by Crippen LogP contribution is 2.22. The Morgan fingerprint density at radius 2 is 1.89 bits per heavy atom. The van der Waals surface area contributed by atoms with E-state index < -0.39 is 23.5 Å². The Bertz CT molecular complexity index is 542. The number of aromatic nitrogens is 2. The van der Waals surface area contributed by atoms with Gasteiger partial charge >= 0.3 is 0 Å². The Morgan fingerprint density at radius 3 is 2.39 bits per heavy atom. The summed E-state index contributed by atoms with van der Waals surface area (Å²) in [5.74, 6) is -2.91. The highest BCUT2D eigenvalue weighted by Gasteiger charge is 2.19. The molecule has 1 unspecified atom stereocenters. The first kappa shape index (κ1) is 12.6. The van der Waals surface area contributed by atoms with Crippen LogP contribution < -0.4 is 5.73 Å². The molecule has 0 spiro atoms. The molecule has 0 fully saturated rings. The number of hydrogen-bond donors (Lipinski definition) is 1. The van der Waals surface area contributed by atoms with Crippen LogP contribution in [0.15, 0.2) is 24.4 Å². The van der Waals surface area contributed by atoms with Gasteiger partial charge in [-0.2, -0.15) is 5.10 Å². The summed E-state index contributed by atoms with van der Waals surface area (Å²) in [4.78, 5) is 0. The van der Waals surface area contributed by atoms with E-state index >= 15 is 0 Å². The highest BCUT2D eigenvalue weighted by atomic mass is 19.1. The van der Waals surface area contributed by atoms with E-state index in [4.69, 9.17) is 5.73 Å². The van der Waals surface area contributed by atoms with Gasteiger partial charge in [-0.3, -0.25) is 4.68 Å². The van der Waals surface area contributed by atoms with Crippen molar-refractivity contribution in [3.8, 4) is 0 Å². The van der Waals surface area contributed by atoms with Gasteiger partial charge in [0.1, 0.15) is 17.5 Å². The van der Waals surface area contributed by atoms with E-state index in [1.807, 2.05) is 0 Å². The standard InChI is InChI=1S/C12H12F3N3/c1-18-3-2-8(17-18)6-11(16)12-9(14)4-7(13)5-10(12)15/h2-5,11H,6,16H2,1H3. The minimum Gasteiger partial charge on any atom is -0.323 e. The molecule has 0 amide bonds. The average molecular weight is 255 g/mol. The molecule has 0 aliphatic heterocycles. The van der Waals surface area contributed by atoms with Crippen molar-refractivity contribution >= 4 is 0 Å². The largest absolute Gasteiger partial charge is 0.323 e. The van der Waals surface area contributed by atoms with E-state index in [1.165, 1.54) is 0 Å². The third kappa shape index (κ3) is 2.53. The molecule has 96 valence electrons. The fraction of sp³-hybridized carbons (Fsp3) is 0.250. The van der Waals surface area contributed by atoms with E-state index in [0.717, 1.165) is 0 Å². The minimum atomic E-state index is -0.976. The second-order valence-corrected chi connectivity index (χ2v) is 4.07. The zero-order chi connectivity index (χ0) is 13.3. The molecule has 1 atom stereocenters. The number of halogens is 3. The Hall–Kier alpha value is -1.82. The first-order valence-corrected chi connectivity index (χ1v) is 5.36. The lowest BCUT2D eigenvalue weighted by Gasteiger charge is -2.12. The van der Waals surface area contributed by atoms with Crippen molar-refractivity contribution in [1.29, 1.82) is 0 Å². The maximum Gasteiger partial charge on any atom is 0.133 e. The minimum absolute atomic E-state index is 0.181. The van der Waals surface area contributed by atoms with Crippen molar-refractivity contribution in [3.63, 3.8) is 0 Å². The zero-order valence-corrected chi connectivity index (χ0v) is 9.70. The molecule has 0 radical (unpaired) electrons. The third-order valence-corrected chi connectivity index (χ3v) is 2.61. The number of hydrogen-bond acceptors (Lipinski definition) is 2. The van der Waals surface area contributed by atoms with Gasteiger partial charge in [0.05, 0.1) is 5.69 Å². The first-order valence-electron chi connectivity index (χ1n) is 5.36. The van der Waals surface area contributed by atoms with Gasteiger partial charge in [0.15, 0.2) is 0 Å². The summed E-state index contributed by atoms with van der Waals surface area (Å²) in [6.45, 7) is 0. The van der Waals surface area contributed by atoms with Crippen LogP contribution in [-0.4, -0.2) is 9.78 Å². The van der Waals surface area contributed by atoms with Gasteiger partial charge in [0, 0.05) is 43.4 Å². The van der Waals surface area contributed by atoms with Gasteiger partial charge in [-0.1, -0.05) is 0 Å². The van der Waals surface area contributed by atoms with Gasteiger partial charge < -0.3 is 5.73 Å². The molecule has 0 saturated carbocycles. The molecule has 0 aliphatic carbocycles. The Morgan fingerprint density at radius 1 is 1.28 bits per heavy atom. The van der Waals surface area contributed by atoms with E-state index in [2.05, 4.69) is 5.10 Å². The molecule has 1 aromatic heterocycles. The van der Waals surface area contributed by atoms with E-state index in [9.17, 15) is 13.2 Å². The summed E-state index contributed by atoms with van der Waals surface area (Å²) in [6, 6.07) is 2.05. The predicted octanol–water partition coefficient (Wildman–Crippen LogP) is 2.08. The molecule has 2 rings (SSSR count). The number of nitrogens with two attached hydrogens (primary N) is 1. The first-order chi connectivity index (χ1) is 8.47. The lowest BCUT2D eigenvalue weighted by Crippen LogP contribution is -2.17. The second-order valence-electron chi connectivity index (χ2n) is 4.07. The van der Waals surface area contributed by atoms with Gasteiger partial charge in [-0.05, 0) is 6.07 Å². The third-order valence-electron chi connectivity index (χ3n) is 2.61. The average Bonchev–Trinajstić information content (AvgIpc) is 2.62. The Kier molecular flexibility index (Phi) is 3.38. The van der Waals surface area contributed by atoms with E-state index in [-0.39, 0.29) is 12.0 Å². The number of aryl methyl sites for hydroxylation is 1. The van der Waals surface area contributed by atoms with Crippen LogP contribution in [0, 0.1) is 17.5 Å². The van der Waals surface area contributed by atoms with Crippen LogP contribution in [0.4, 0.5) is 13.2 Å². The normalized spacial score (nSPS) is 12.7. The molecule has 6 heteroatoms. The number of rotatable bonds is 3. The molecular formula is C12H12F3N3. The number of nitrogens with zero attached hydrogens (tertiary/aromatic N) is 2. The van der Waals surface area contributed by atoms with Crippen LogP contribution in [0.3, 0.4) is 0 Å². The lowest BCUT2D eigenvalue weighted by molar-refractivity contribution is 0.500. The fourth-order valence-corrected chi connectivity index (χ4v) is 1.81. The molecule has 18 heavy (non-hydrogen) atoms. The van der Waals surface area contributed by atoms with Crippen molar-refractivity contribution in [2.24, 2.45) is 12.8 Å². The van der Waals surface area contributed by atoms with Crippen molar-refractivity contribution in [2.45, 2.75) is 12.5 Å². The molecule has 0 aliphatic rings. The molecule has 1 aromatic carbocycles. The molecule has 2 N–H and O–H groups in total. The second kappa shape index (κ2) is 4.81. The van der Waals surface area contributed by atoms with Gasteiger partial charge in [-0.25, -0.2) is 13.2 Å². The molecule has 0 bridgehead atoms. The molecule has 0 saturated heterocycles. The zero-order valence-electron chi connectivity index (χ0n) is 9.70. The van der Waals surface area contributed by atoms with Crippen LogP contribution in [0.2, 0.25) is 0 Å². The smallest absolute Gasteiger partial charge is 0.133 e. The van der Waals surface area contributed by atoms with Crippen LogP contribution in [0.5, 0.6) is 0 Å². The molecule has 1 heterocycles. The Labute approximate surface area is 102 Å². The topological polar surface area (TPSA) is 43.8 Å². The van der Waals surface area contributed by atoms with Gasteiger partial charge in [0.2, 0.25) is 0 Å². The summed E-state index contributed by atoms with van der Waals surface area (Å²) in [5, 5.41) is 4.07. The van der Waals surface area contributed by atoms with Crippen LogP contribution in [-0.2, 0) is 13.5 Å². The van der Waals surface area contributed by atoms with Crippen LogP contribution in [0.1, 0.15) is 17.3 Å². The Balaban J connectivity index is 2.26. The summed E-state index contributed by atoms with van der Waals surface area (Å²) in [5.41, 5.74) is 6.04. The van der Waals surface area contributed by atoms with Gasteiger partial charge in [0.25, 0.3) is 0 Å². The molecular weight excluding hydrogens is 243 g/mol. The summed E-state index contributed by atoms with van der Waals surface area (Å²) >= 11 is 0. The van der Waals surface area contributed by atoms with Crippen molar-refractivity contribution in [3.05, 3.63) is 53.1 Å². The monoisotopic (exact) mass is 255 g/mol. The van der Waals surface area contributed by atoms with Crippen LogP contribution in [0.25, 0.3) is 0 Å². The van der Waals surface area contributed by atoms with Crippen molar-refractivity contribution < 1.29 is 13.2 Å². The summed E-state index contributed by atoms with van der Waals surface area (Å²) in [6.07, 6.45) is 1.89. The maximum atomic E-state index is 13.5. The van der Waals surface area contributed by atoms with Crippen LogP contribution >= 0.6 is 0 Å². The number of benzene rings is 1. The van der Waals surface area contributed by atoms with Gasteiger partial charge in [-0.15, -0.1) is 0 Å². The molecule has 2 aromatic rings. The maximum absolute atomic E-state index is 13.5. The van der Waals surface area contributed by atoms with E-state index in [1.54, 1.807) is 24.0 Å². The molecule has 3 nitrogen and oxygen atoms in total. The van der Waals surface area contributed by atoms with E-state index in [0.29, 0.717) is 17.8 Å². The summed E-state index contributed by atoms with van der Waals surface area (Å²) in [7, 11) is 1.73. The fourth-order valence-electron chi connectivity index (χ4n) is 1.81.